The summed E-state index contributed by atoms with van der Waals surface area (Å²) in [5.74, 6) is 0.401. The second kappa shape index (κ2) is 5.53. The van der Waals surface area contributed by atoms with E-state index < -0.39 is 0 Å². The van der Waals surface area contributed by atoms with Crippen LogP contribution in [0, 0.1) is 0 Å². The van der Waals surface area contributed by atoms with Gasteiger partial charge < -0.3 is 5.11 Å². The van der Waals surface area contributed by atoms with Crippen molar-refractivity contribution in [2.75, 3.05) is 0 Å². The Morgan fingerprint density at radius 3 is 2.12 bits per heavy atom. The van der Waals surface area contributed by atoms with E-state index in [9.17, 15) is 5.11 Å². The summed E-state index contributed by atoms with van der Waals surface area (Å²) in [6, 6.07) is 16.3. The highest BCUT2D eigenvalue weighted by Gasteiger charge is 2.00. The molecule has 1 nitrogen and oxygen atoms in total. The lowest BCUT2D eigenvalue weighted by molar-refractivity contribution is 0.468. The fourth-order valence-electron chi connectivity index (χ4n) is 1.94. The molecular weight excluding hydrogens is 208 g/mol. The van der Waals surface area contributed by atoms with E-state index in [2.05, 4.69) is 31.2 Å². The molecule has 0 radical (unpaired) electrons. The van der Waals surface area contributed by atoms with Crippen LogP contribution in [0.25, 0.3) is 0 Å². The lowest BCUT2D eigenvalue weighted by Gasteiger charge is -2.05. The molecule has 0 unspecified atom stereocenters. The van der Waals surface area contributed by atoms with Gasteiger partial charge in [0.1, 0.15) is 5.75 Å². The molecule has 0 saturated heterocycles. The van der Waals surface area contributed by atoms with Crippen LogP contribution in [0.4, 0.5) is 0 Å². The molecular formula is C16H18O. The summed E-state index contributed by atoms with van der Waals surface area (Å²) in [6.45, 7) is 2.16. The van der Waals surface area contributed by atoms with E-state index >= 15 is 0 Å². The molecule has 2 aromatic carbocycles. The van der Waals surface area contributed by atoms with Gasteiger partial charge in [0.05, 0.1) is 0 Å². The topological polar surface area (TPSA) is 20.2 Å². The van der Waals surface area contributed by atoms with Gasteiger partial charge >= 0.3 is 0 Å². The van der Waals surface area contributed by atoms with Crippen molar-refractivity contribution in [3.63, 3.8) is 0 Å². The Labute approximate surface area is 103 Å². The summed E-state index contributed by atoms with van der Waals surface area (Å²) in [7, 11) is 0. The summed E-state index contributed by atoms with van der Waals surface area (Å²) >= 11 is 0. The van der Waals surface area contributed by atoms with E-state index in [1.807, 2.05) is 18.2 Å². The van der Waals surface area contributed by atoms with Crippen LogP contribution in [0.1, 0.15) is 23.6 Å². The highest BCUT2D eigenvalue weighted by atomic mass is 16.3. The average Bonchev–Trinajstić information content (AvgIpc) is 2.38. The van der Waals surface area contributed by atoms with Crippen LogP contribution in [0.3, 0.4) is 0 Å². The molecule has 0 aromatic heterocycles. The van der Waals surface area contributed by atoms with Crippen LogP contribution in [-0.2, 0) is 19.3 Å². The molecule has 0 fully saturated rings. The van der Waals surface area contributed by atoms with Crippen LogP contribution in [0.5, 0.6) is 5.75 Å². The van der Waals surface area contributed by atoms with Crippen molar-refractivity contribution in [2.24, 2.45) is 0 Å². The van der Waals surface area contributed by atoms with Crippen LogP contribution >= 0.6 is 0 Å². The fourth-order valence-corrected chi connectivity index (χ4v) is 1.94. The van der Waals surface area contributed by atoms with Gasteiger partial charge in [-0.2, -0.15) is 0 Å². The first kappa shape index (κ1) is 11.7. The van der Waals surface area contributed by atoms with Crippen molar-refractivity contribution < 1.29 is 5.11 Å². The molecule has 88 valence electrons. The second-order valence-electron chi connectivity index (χ2n) is 4.30. The average molecular weight is 226 g/mol. The SMILES string of the molecule is CCc1ccc(CCc2ccccc2O)cc1. The Morgan fingerprint density at radius 2 is 1.47 bits per heavy atom. The van der Waals surface area contributed by atoms with Crippen LogP contribution in [0.2, 0.25) is 0 Å². The predicted octanol–water partition coefficient (Wildman–Crippen LogP) is 3.74. The van der Waals surface area contributed by atoms with Crippen LogP contribution in [-0.4, -0.2) is 5.11 Å². The van der Waals surface area contributed by atoms with Gasteiger partial charge in [-0.1, -0.05) is 49.4 Å². The predicted molar refractivity (Wildman–Crippen MR) is 71.3 cm³/mol. The van der Waals surface area contributed by atoms with Gasteiger partial charge in [0, 0.05) is 0 Å². The Morgan fingerprint density at radius 1 is 0.824 bits per heavy atom. The zero-order valence-electron chi connectivity index (χ0n) is 10.2. The summed E-state index contributed by atoms with van der Waals surface area (Å²) in [5, 5.41) is 9.67. The number of hydrogen-bond donors (Lipinski definition) is 1. The number of phenolic OH excluding ortho intramolecular Hbond substituents is 1. The van der Waals surface area contributed by atoms with Crippen molar-refractivity contribution in [1.29, 1.82) is 0 Å². The molecule has 0 aliphatic carbocycles. The number of para-hydroxylation sites is 1. The van der Waals surface area contributed by atoms with Gasteiger partial charge in [0.25, 0.3) is 0 Å². The zero-order valence-corrected chi connectivity index (χ0v) is 10.2. The van der Waals surface area contributed by atoms with E-state index in [1.165, 1.54) is 11.1 Å². The second-order valence-corrected chi connectivity index (χ2v) is 4.30. The third kappa shape index (κ3) is 3.10. The van der Waals surface area contributed by atoms with Gasteiger partial charge in [-0.3, -0.25) is 0 Å². The first-order valence-electron chi connectivity index (χ1n) is 6.14. The zero-order chi connectivity index (χ0) is 12.1. The quantitative estimate of drug-likeness (QED) is 0.842. The van der Waals surface area contributed by atoms with Gasteiger partial charge in [-0.15, -0.1) is 0 Å². The maximum atomic E-state index is 9.67. The molecule has 2 rings (SSSR count). The molecule has 0 saturated carbocycles. The van der Waals surface area contributed by atoms with Crippen molar-refractivity contribution in [1.82, 2.24) is 0 Å². The maximum Gasteiger partial charge on any atom is 0.118 e. The summed E-state index contributed by atoms with van der Waals surface area (Å²) in [5.41, 5.74) is 3.72. The number of phenols is 1. The molecule has 0 aliphatic heterocycles. The Kier molecular flexibility index (Phi) is 3.81. The van der Waals surface area contributed by atoms with E-state index in [0.29, 0.717) is 5.75 Å². The first-order chi connectivity index (χ1) is 8.29. The van der Waals surface area contributed by atoms with Crippen molar-refractivity contribution in [2.45, 2.75) is 26.2 Å². The molecule has 1 N–H and O–H groups in total. The normalized spacial score (nSPS) is 10.4. The van der Waals surface area contributed by atoms with E-state index in [4.69, 9.17) is 0 Å². The van der Waals surface area contributed by atoms with Gasteiger partial charge in [-0.25, -0.2) is 0 Å². The third-order valence-corrected chi connectivity index (χ3v) is 3.11. The van der Waals surface area contributed by atoms with E-state index in [-0.39, 0.29) is 0 Å². The van der Waals surface area contributed by atoms with Gasteiger partial charge in [0.2, 0.25) is 0 Å². The molecule has 0 aliphatic rings. The van der Waals surface area contributed by atoms with E-state index in [0.717, 1.165) is 24.8 Å². The molecule has 17 heavy (non-hydrogen) atoms. The minimum Gasteiger partial charge on any atom is -0.508 e. The van der Waals surface area contributed by atoms with Gasteiger partial charge in [-0.05, 0) is 42.0 Å². The Hall–Kier alpha value is -1.76. The smallest absolute Gasteiger partial charge is 0.118 e. The number of aromatic hydroxyl groups is 1. The Balaban J connectivity index is 2.00. The summed E-state index contributed by atoms with van der Waals surface area (Å²) in [6.07, 6.45) is 2.94. The lowest BCUT2D eigenvalue weighted by Crippen LogP contribution is -1.92. The molecule has 0 amide bonds. The van der Waals surface area contributed by atoms with Crippen molar-refractivity contribution in [3.8, 4) is 5.75 Å². The summed E-state index contributed by atoms with van der Waals surface area (Å²) < 4.78 is 0. The van der Waals surface area contributed by atoms with Crippen LogP contribution in [0.15, 0.2) is 48.5 Å². The molecule has 0 spiro atoms. The first-order valence-corrected chi connectivity index (χ1v) is 6.14. The maximum absolute atomic E-state index is 9.67. The molecule has 0 heterocycles. The highest BCUT2D eigenvalue weighted by Crippen LogP contribution is 2.18. The molecule has 1 heteroatoms. The standard InChI is InChI=1S/C16H18O/c1-2-13-7-9-14(10-8-13)11-12-15-5-3-4-6-16(15)17/h3-10,17H,2,11-12H2,1H3. The molecule has 2 aromatic rings. The highest BCUT2D eigenvalue weighted by molar-refractivity contribution is 5.33. The molecule has 0 atom stereocenters. The lowest BCUT2D eigenvalue weighted by atomic mass is 10.0. The van der Waals surface area contributed by atoms with Gasteiger partial charge in [0.15, 0.2) is 0 Å². The minimum absolute atomic E-state index is 0.401. The van der Waals surface area contributed by atoms with Crippen molar-refractivity contribution in [3.05, 3.63) is 65.2 Å². The number of aryl methyl sites for hydroxylation is 3. The van der Waals surface area contributed by atoms with Crippen LogP contribution < -0.4 is 0 Å². The Bertz CT molecular complexity index is 471. The number of benzene rings is 2. The monoisotopic (exact) mass is 226 g/mol. The summed E-state index contributed by atoms with van der Waals surface area (Å²) in [4.78, 5) is 0. The number of hydrogen-bond acceptors (Lipinski definition) is 1. The largest absolute Gasteiger partial charge is 0.508 e. The fraction of sp³-hybridized carbons (Fsp3) is 0.250. The molecule has 0 bridgehead atoms. The third-order valence-electron chi connectivity index (χ3n) is 3.11. The van der Waals surface area contributed by atoms with Crippen molar-refractivity contribution >= 4 is 0 Å². The number of rotatable bonds is 4. The van der Waals surface area contributed by atoms with E-state index in [1.54, 1.807) is 6.07 Å². The minimum atomic E-state index is 0.401.